The van der Waals surface area contributed by atoms with Crippen LogP contribution in [0.15, 0.2) is 48.5 Å². The lowest BCUT2D eigenvalue weighted by molar-refractivity contribution is -0.117. The van der Waals surface area contributed by atoms with Crippen molar-refractivity contribution < 1.29 is 9.59 Å². The number of benzene rings is 2. The molecule has 2 aromatic carbocycles. The molecule has 3 aromatic rings. The van der Waals surface area contributed by atoms with Crippen LogP contribution in [-0.2, 0) is 4.79 Å². The summed E-state index contributed by atoms with van der Waals surface area (Å²) >= 11 is 0. The van der Waals surface area contributed by atoms with Crippen LogP contribution < -0.4 is 5.32 Å². The Morgan fingerprint density at radius 3 is 2.74 bits per heavy atom. The Morgan fingerprint density at radius 1 is 1.17 bits per heavy atom. The van der Waals surface area contributed by atoms with Gasteiger partial charge in [0.25, 0.3) is 0 Å². The van der Waals surface area contributed by atoms with Crippen molar-refractivity contribution in [1.82, 2.24) is 9.55 Å². The maximum absolute atomic E-state index is 12.5. The average molecular weight is 305 g/mol. The zero-order valence-corrected chi connectivity index (χ0v) is 12.6. The molecule has 1 amide bonds. The first-order chi connectivity index (χ1) is 11.1. The molecule has 5 nitrogen and oxygen atoms in total. The van der Waals surface area contributed by atoms with Gasteiger partial charge in [-0.3, -0.25) is 14.9 Å². The molecule has 0 aliphatic carbocycles. The SMILES string of the molecule is CC1CC(=O)Nc2nc3cc(C(=O)c4ccccc4)ccc3n21. The summed E-state index contributed by atoms with van der Waals surface area (Å²) in [6, 6.07) is 14.7. The van der Waals surface area contributed by atoms with Crippen LogP contribution in [0.4, 0.5) is 5.95 Å². The number of fused-ring (bicyclic) bond motifs is 3. The Morgan fingerprint density at radius 2 is 1.96 bits per heavy atom. The van der Waals surface area contributed by atoms with E-state index in [1.807, 2.05) is 41.8 Å². The number of hydrogen-bond acceptors (Lipinski definition) is 3. The van der Waals surface area contributed by atoms with E-state index in [0.29, 0.717) is 23.5 Å². The van der Waals surface area contributed by atoms with E-state index in [1.54, 1.807) is 18.2 Å². The van der Waals surface area contributed by atoms with Gasteiger partial charge >= 0.3 is 0 Å². The highest BCUT2D eigenvalue weighted by atomic mass is 16.2. The number of aromatic nitrogens is 2. The number of carbonyl (C=O) groups is 2. The van der Waals surface area contributed by atoms with Crippen LogP contribution in [0.5, 0.6) is 0 Å². The van der Waals surface area contributed by atoms with E-state index in [4.69, 9.17) is 0 Å². The standard InChI is InChI=1S/C18H15N3O2/c1-11-9-16(22)20-18-19-14-10-13(7-8-15(14)21(11)18)17(23)12-5-3-2-4-6-12/h2-8,10-11H,9H2,1H3,(H,19,20,22). The van der Waals surface area contributed by atoms with Crippen LogP contribution in [0.1, 0.15) is 35.3 Å². The van der Waals surface area contributed by atoms with Gasteiger partial charge in [0, 0.05) is 23.6 Å². The number of anilines is 1. The molecule has 0 spiro atoms. The molecule has 4 rings (SSSR count). The Labute approximate surface area is 133 Å². The molecule has 1 unspecified atom stereocenters. The fraction of sp³-hybridized carbons (Fsp3) is 0.167. The minimum absolute atomic E-state index is 0.0270. The number of imidazole rings is 1. The molecule has 1 N–H and O–H groups in total. The molecule has 0 radical (unpaired) electrons. The summed E-state index contributed by atoms with van der Waals surface area (Å²) in [6.45, 7) is 1.99. The van der Waals surface area contributed by atoms with Crippen LogP contribution >= 0.6 is 0 Å². The van der Waals surface area contributed by atoms with Crippen LogP contribution in [0.3, 0.4) is 0 Å². The van der Waals surface area contributed by atoms with E-state index in [9.17, 15) is 9.59 Å². The Kier molecular flexibility index (Phi) is 3.01. The second-order valence-electron chi connectivity index (χ2n) is 5.81. The fourth-order valence-corrected chi connectivity index (χ4v) is 3.07. The van der Waals surface area contributed by atoms with Crippen molar-refractivity contribution in [3.8, 4) is 0 Å². The number of carbonyl (C=O) groups excluding carboxylic acids is 2. The molecule has 0 saturated heterocycles. The minimum Gasteiger partial charge on any atom is -0.307 e. The molecule has 1 aromatic heterocycles. The van der Waals surface area contributed by atoms with Crippen molar-refractivity contribution in [2.24, 2.45) is 0 Å². The van der Waals surface area contributed by atoms with Gasteiger partial charge in [0.05, 0.1) is 11.0 Å². The fourth-order valence-electron chi connectivity index (χ4n) is 3.07. The second-order valence-corrected chi connectivity index (χ2v) is 5.81. The summed E-state index contributed by atoms with van der Waals surface area (Å²) in [5, 5.41) is 2.79. The molecule has 23 heavy (non-hydrogen) atoms. The van der Waals surface area contributed by atoms with Crippen molar-refractivity contribution in [3.05, 3.63) is 59.7 Å². The maximum atomic E-state index is 12.5. The van der Waals surface area contributed by atoms with Crippen molar-refractivity contribution in [1.29, 1.82) is 0 Å². The Balaban J connectivity index is 1.81. The molecule has 1 atom stereocenters. The van der Waals surface area contributed by atoms with Crippen LogP contribution in [0.25, 0.3) is 11.0 Å². The number of nitrogens with one attached hydrogen (secondary N) is 1. The molecular weight excluding hydrogens is 290 g/mol. The molecule has 2 heterocycles. The van der Waals surface area contributed by atoms with Gasteiger partial charge in [0.2, 0.25) is 11.9 Å². The number of nitrogens with zero attached hydrogens (tertiary/aromatic N) is 2. The average Bonchev–Trinajstić information content (AvgIpc) is 2.92. The van der Waals surface area contributed by atoms with E-state index in [2.05, 4.69) is 10.3 Å². The van der Waals surface area contributed by atoms with E-state index < -0.39 is 0 Å². The molecule has 114 valence electrons. The topological polar surface area (TPSA) is 64.0 Å². The van der Waals surface area contributed by atoms with Gasteiger partial charge in [-0.05, 0) is 25.1 Å². The summed E-state index contributed by atoms with van der Waals surface area (Å²) in [5.74, 6) is 0.490. The largest absolute Gasteiger partial charge is 0.307 e. The number of ketones is 1. The monoisotopic (exact) mass is 305 g/mol. The summed E-state index contributed by atoms with van der Waals surface area (Å²) < 4.78 is 2.01. The highest BCUT2D eigenvalue weighted by Gasteiger charge is 2.25. The predicted molar refractivity (Wildman–Crippen MR) is 87.6 cm³/mol. The highest BCUT2D eigenvalue weighted by molar-refractivity contribution is 6.10. The first kappa shape index (κ1) is 13.7. The first-order valence-electron chi connectivity index (χ1n) is 7.55. The summed E-state index contributed by atoms with van der Waals surface area (Å²) in [6.07, 6.45) is 0.434. The first-order valence-corrected chi connectivity index (χ1v) is 7.55. The third-order valence-electron chi connectivity index (χ3n) is 4.16. The van der Waals surface area contributed by atoms with Gasteiger partial charge in [0.15, 0.2) is 5.78 Å². The molecule has 0 fully saturated rings. The maximum Gasteiger partial charge on any atom is 0.228 e. The molecule has 0 saturated carbocycles. The van der Waals surface area contributed by atoms with Crippen LogP contribution in [0, 0.1) is 0 Å². The van der Waals surface area contributed by atoms with E-state index in [1.165, 1.54) is 0 Å². The quantitative estimate of drug-likeness (QED) is 0.740. The summed E-state index contributed by atoms with van der Waals surface area (Å²) in [7, 11) is 0. The van der Waals surface area contributed by atoms with Gasteiger partial charge in [-0.1, -0.05) is 30.3 Å². The van der Waals surface area contributed by atoms with Crippen LogP contribution in [-0.4, -0.2) is 21.2 Å². The van der Waals surface area contributed by atoms with Gasteiger partial charge in [-0.15, -0.1) is 0 Å². The Hall–Kier alpha value is -2.95. The molecular formula is C18H15N3O2. The van der Waals surface area contributed by atoms with Gasteiger partial charge in [-0.25, -0.2) is 4.98 Å². The highest BCUT2D eigenvalue weighted by Crippen LogP contribution is 2.30. The van der Waals surface area contributed by atoms with E-state index in [0.717, 1.165) is 11.0 Å². The van der Waals surface area contributed by atoms with Gasteiger partial charge < -0.3 is 4.57 Å². The van der Waals surface area contributed by atoms with E-state index in [-0.39, 0.29) is 17.7 Å². The van der Waals surface area contributed by atoms with Gasteiger partial charge in [-0.2, -0.15) is 0 Å². The predicted octanol–water partition coefficient (Wildman–Crippen LogP) is 3.17. The smallest absolute Gasteiger partial charge is 0.228 e. The molecule has 5 heteroatoms. The molecule has 1 aliphatic heterocycles. The third-order valence-corrected chi connectivity index (χ3v) is 4.16. The number of amides is 1. The van der Waals surface area contributed by atoms with Crippen molar-refractivity contribution in [2.75, 3.05) is 5.32 Å². The normalized spacial score (nSPS) is 16.9. The van der Waals surface area contributed by atoms with Crippen molar-refractivity contribution in [3.63, 3.8) is 0 Å². The second kappa shape index (κ2) is 5.05. The van der Waals surface area contributed by atoms with Crippen LogP contribution in [0.2, 0.25) is 0 Å². The number of hydrogen-bond donors (Lipinski definition) is 1. The lowest BCUT2D eigenvalue weighted by atomic mass is 10.0. The Bertz CT molecular complexity index is 928. The van der Waals surface area contributed by atoms with Crippen molar-refractivity contribution >= 4 is 28.7 Å². The number of rotatable bonds is 2. The summed E-state index contributed by atoms with van der Waals surface area (Å²) in [5.41, 5.74) is 2.89. The minimum atomic E-state index is -0.0319. The lowest BCUT2D eigenvalue weighted by Gasteiger charge is -2.22. The third kappa shape index (κ3) is 2.21. The zero-order chi connectivity index (χ0) is 16.0. The zero-order valence-electron chi connectivity index (χ0n) is 12.6. The van der Waals surface area contributed by atoms with Crippen molar-refractivity contribution in [2.45, 2.75) is 19.4 Å². The molecule has 1 aliphatic rings. The summed E-state index contributed by atoms with van der Waals surface area (Å²) in [4.78, 5) is 28.7. The lowest BCUT2D eigenvalue weighted by Crippen LogP contribution is -2.26. The molecule has 0 bridgehead atoms. The van der Waals surface area contributed by atoms with E-state index >= 15 is 0 Å². The van der Waals surface area contributed by atoms with Gasteiger partial charge in [0.1, 0.15) is 0 Å².